The molecule has 1 aliphatic rings. The van der Waals surface area contributed by atoms with Gasteiger partial charge in [-0.2, -0.15) is 0 Å². The topological polar surface area (TPSA) is 66.8 Å². The monoisotopic (exact) mass is 434 g/mol. The molecule has 0 fully saturated rings. The van der Waals surface area contributed by atoms with Crippen molar-refractivity contribution in [1.29, 1.82) is 0 Å². The number of allylic oxidation sites excluding steroid dienone is 4. The first-order chi connectivity index (χ1) is 15.3. The van der Waals surface area contributed by atoms with Crippen LogP contribution in [0.5, 0.6) is 17.2 Å². The van der Waals surface area contributed by atoms with Gasteiger partial charge < -0.3 is 14.9 Å². The molecule has 4 heteroatoms. The van der Waals surface area contributed by atoms with Gasteiger partial charge in [-0.05, 0) is 64.9 Å². The van der Waals surface area contributed by atoms with E-state index in [0.29, 0.717) is 17.5 Å². The van der Waals surface area contributed by atoms with Crippen molar-refractivity contribution in [3.63, 3.8) is 0 Å². The molecule has 0 spiro atoms. The lowest BCUT2D eigenvalue weighted by molar-refractivity contribution is 0.0887. The average Bonchev–Trinajstić information content (AvgIpc) is 2.79. The van der Waals surface area contributed by atoms with E-state index in [2.05, 4.69) is 38.1 Å². The van der Waals surface area contributed by atoms with Crippen LogP contribution in [-0.2, 0) is 0 Å². The number of carbonyl (C=O) groups excluding carboxylic acids is 1. The van der Waals surface area contributed by atoms with Crippen LogP contribution in [0.4, 0.5) is 0 Å². The van der Waals surface area contributed by atoms with Gasteiger partial charge in [0, 0.05) is 17.0 Å². The fraction of sp³-hybridized carbons (Fsp3) is 0.393. The van der Waals surface area contributed by atoms with Gasteiger partial charge in [-0.25, -0.2) is 0 Å². The number of rotatable bonds is 7. The Kier molecular flexibility index (Phi) is 7.44. The molecule has 2 N–H and O–H groups in total. The van der Waals surface area contributed by atoms with E-state index in [1.807, 2.05) is 18.2 Å². The minimum atomic E-state index is -0.313. The Balaban J connectivity index is 2.04. The van der Waals surface area contributed by atoms with E-state index in [0.717, 1.165) is 24.8 Å². The molecule has 0 radical (unpaired) electrons. The third-order valence-electron chi connectivity index (χ3n) is 6.53. The Morgan fingerprint density at radius 2 is 1.78 bits per heavy atom. The third-order valence-corrected chi connectivity index (χ3v) is 6.53. The summed E-state index contributed by atoms with van der Waals surface area (Å²) in [4.78, 5) is 14.0. The molecule has 2 atom stereocenters. The van der Waals surface area contributed by atoms with E-state index < -0.39 is 0 Å². The number of phenols is 2. The van der Waals surface area contributed by atoms with Crippen LogP contribution in [0.15, 0.2) is 53.6 Å². The SMILES string of the molecule is COc1c(C)c(O)c(C)c(O)c1C(=O)[C@@H]1CC(CCC=C(C)C)=CC[C@H]1c1ccccc1. The zero-order valence-corrected chi connectivity index (χ0v) is 19.7. The molecule has 0 saturated heterocycles. The van der Waals surface area contributed by atoms with Crippen LogP contribution in [0.1, 0.15) is 72.5 Å². The predicted molar refractivity (Wildman–Crippen MR) is 129 cm³/mol. The van der Waals surface area contributed by atoms with Crippen molar-refractivity contribution >= 4 is 5.78 Å². The molecule has 170 valence electrons. The van der Waals surface area contributed by atoms with E-state index in [9.17, 15) is 15.0 Å². The molecule has 0 unspecified atom stereocenters. The fourth-order valence-electron chi connectivity index (χ4n) is 4.71. The number of phenolic OH excluding ortho intramolecular Hbond substituents is 2. The molecule has 0 bridgehead atoms. The van der Waals surface area contributed by atoms with Crippen LogP contribution in [0, 0.1) is 19.8 Å². The maximum absolute atomic E-state index is 14.0. The summed E-state index contributed by atoms with van der Waals surface area (Å²) in [5.41, 5.74) is 4.64. The third kappa shape index (κ3) is 4.74. The molecule has 2 aromatic carbocycles. The Bertz CT molecular complexity index is 1040. The minimum Gasteiger partial charge on any atom is -0.507 e. The summed E-state index contributed by atoms with van der Waals surface area (Å²) in [5, 5.41) is 21.2. The van der Waals surface area contributed by atoms with Gasteiger partial charge in [0.05, 0.1) is 7.11 Å². The number of hydrogen-bond donors (Lipinski definition) is 2. The Hall–Kier alpha value is -3.01. The van der Waals surface area contributed by atoms with E-state index in [1.54, 1.807) is 13.8 Å². The molecule has 1 aliphatic carbocycles. The van der Waals surface area contributed by atoms with E-state index in [1.165, 1.54) is 18.3 Å². The van der Waals surface area contributed by atoms with Gasteiger partial charge in [0.25, 0.3) is 0 Å². The van der Waals surface area contributed by atoms with Gasteiger partial charge in [0.2, 0.25) is 0 Å². The van der Waals surface area contributed by atoms with E-state index in [4.69, 9.17) is 4.74 Å². The second-order valence-corrected chi connectivity index (χ2v) is 8.97. The van der Waals surface area contributed by atoms with Crippen molar-refractivity contribution in [1.82, 2.24) is 0 Å². The first-order valence-electron chi connectivity index (χ1n) is 11.3. The Morgan fingerprint density at radius 3 is 2.41 bits per heavy atom. The summed E-state index contributed by atoms with van der Waals surface area (Å²) in [5.74, 6) is -0.402. The first kappa shape index (κ1) is 23.6. The number of Topliss-reactive ketones (excluding diaryl/α,β-unsaturated/α-hetero) is 1. The number of benzene rings is 2. The summed E-state index contributed by atoms with van der Waals surface area (Å²) in [6.07, 6.45) is 7.82. The van der Waals surface area contributed by atoms with Crippen LogP contribution < -0.4 is 4.74 Å². The lowest BCUT2D eigenvalue weighted by Crippen LogP contribution is -2.26. The van der Waals surface area contributed by atoms with Crippen LogP contribution in [0.3, 0.4) is 0 Å². The van der Waals surface area contributed by atoms with Gasteiger partial charge >= 0.3 is 0 Å². The van der Waals surface area contributed by atoms with Crippen LogP contribution in [-0.4, -0.2) is 23.1 Å². The maximum atomic E-state index is 14.0. The van der Waals surface area contributed by atoms with Crippen LogP contribution in [0.25, 0.3) is 0 Å². The largest absolute Gasteiger partial charge is 0.507 e. The molecular formula is C28H34O4. The van der Waals surface area contributed by atoms with Gasteiger partial charge in [-0.3, -0.25) is 4.79 Å². The van der Waals surface area contributed by atoms with Crippen LogP contribution >= 0.6 is 0 Å². The molecule has 0 heterocycles. The number of hydrogen-bond acceptors (Lipinski definition) is 4. The van der Waals surface area contributed by atoms with Crippen LogP contribution in [0.2, 0.25) is 0 Å². The lowest BCUT2D eigenvalue weighted by Gasteiger charge is -2.32. The molecule has 0 saturated carbocycles. The first-order valence-corrected chi connectivity index (χ1v) is 11.3. The highest BCUT2D eigenvalue weighted by Crippen LogP contribution is 2.46. The molecule has 32 heavy (non-hydrogen) atoms. The normalized spacial score (nSPS) is 18.1. The summed E-state index contributed by atoms with van der Waals surface area (Å²) >= 11 is 0. The van der Waals surface area contributed by atoms with Gasteiger partial charge in [0.15, 0.2) is 5.78 Å². The molecule has 2 aromatic rings. The number of ether oxygens (including phenoxy) is 1. The molecule has 0 amide bonds. The predicted octanol–water partition coefficient (Wildman–Crippen LogP) is 6.77. The molecule has 0 aromatic heterocycles. The molecule has 0 aliphatic heterocycles. The summed E-state index contributed by atoms with van der Waals surface area (Å²) < 4.78 is 5.50. The van der Waals surface area contributed by atoms with Crippen molar-refractivity contribution in [2.75, 3.05) is 7.11 Å². The van der Waals surface area contributed by atoms with Gasteiger partial charge in [-0.1, -0.05) is 53.6 Å². The summed E-state index contributed by atoms with van der Waals surface area (Å²) in [7, 11) is 1.47. The molecule has 4 nitrogen and oxygen atoms in total. The number of carbonyl (C=O) groups is 1. The standard InChI is InChI=1S/C28H34O4/c1-17(2)10-9-11-20-14-15-22(21-12-7-6-8-13-21)23(16-20)27(31)24-26(30)18(3)25(29)19(4)28(24)32-5/h6-8,10,12-14,22-23,29-30H,9,11,15-16H2,1-5H3/t22-,23+/m0/s1. The van der Waals surface area contributed by atoms with Crippen molar-refractivity contribution in [3.8, 4) is 17.2 Å². The average molecular weight is 435 g/mol. The lowest BCUT2D eigenvalue weighted by atomic mass is 9.71. The van der Waals surface area contributed by atoms with Crippen molar-refractivity contribution in [3.05, 3.63) is 75.9 Å². The maximum Gasteiger partial charge on any atom is 0.174 e. The van der Waals surface area contributed by atoms with Gasteiger partial charge in [-0.15, -0.1) is 0 Å². The minimum absolute atomic E-state index is 0.0226. The zero-order valence-electron chi connectivity index (χ0n) is 19.7. The highest BCUT2D eigenvalue weighted by molar-refractivity contribution is 6.04. The number of aromatic hydroxyl groups is 2. The summed E-state index contributed by atoms with van der Waals surface area (Å²) in [6.45, 7) is 7.51. The quantitative estimate of drug-likeness (QED) is 0.373. The highest BCUT2D eigenvalue weighted by atomic mass is 16.5. The number of ketones is 1. The fourth-order valence-corrected chi connectivity index (χ4v) is 4.71. The highest BCUT2D eigenvalue weighted by Gasteiger charge is 2.37. The van der Waals surface area contributed by atoms with E-state index >= 15 is 0 Å². The molecular weight excluding hydrogens is 400 g/mol. The Labute approximate surface area is 191 Å². The summed E-state index contributed by atoms with van der Waals surface area (Å²) in [6, 6.07) is 10.1. The van der Waals surface area contributed by atoms with Gasteiger partial charge in [0.1, 0.15) is 22.8 Å². The second kappa shape index (κ2) is 10.1. The van der Waals surface area contributed by atoms with E-state index in [-0.39, 0.29) is 40.4 Å². The zero-order chi connectivity index (χ0) is 23.4. The van der Waals surface area contributed by atoms with Crippen molar-refractivity contribution in [2.45, 2.75) is 59.3 Å². The number of methoxy groups -OCH3 is 1. The Morgan fingerprint density at radius 1 is 1.09 bits per heavy atom. The smallest absolute Gasteiger partial charge is 0.174 e. The van der Waals surface area contributed by atoms with Crippen molar-refractivity contribution < 1.29 is 19.7 Å². The van der Waals surface area contributed by atoms with Crippen molar-refractivity contribution in [2.24, 2.45) is 5.92 Å². The molecule has 3 rings (SSSR count). The second-order valence-electron chi connectivity index (χ2n) is 8.97.